The van der Waals surface area contributed by atoms with Crippen molar-refractivity contribution in [2.75, 3.05) is 18.6 Å². The maximum Gasteiger partial charge on any atom is 0.421 e. The summed E-state index contributed by atoms with van der Waals surface area (Å²) in [5.74, 6) is -0.202. The highest BCUT2D eigenvalue weighted by Gasteiger charge is 2.36. The standard InChI is InChI=1S/C23H32F3N3O/c1-4-6-8-10-15-30-22-27-17-20(23(24,25)26)21(28-22)29(3)19-14-11-13-18(16-19)12-9-7-5-2/h11,13-14,16-17H,4-10,12,15H2,1-3H3. The van der Waals surface area contributed by atoms with Crippen LogP contribution in [0.4, 0.5) is 24.7 Å². The Morgan fingerprint density at radius 2 is 1.73 bits per heavy atom. The van der Waals surface area contributed by atoms with E-state index in [2.05, 4.69) is 23.8 Å². The van der Waals surface area contributed by atoms with Gasteiger partial charge in [-0.3, -0.25) is 0 Å². The van der Waals surface area contributed by atoms with Gasteiger partial charge in [-0.2, -0.15) is 18.2 Å². The molecule has 0 N–H and O–H groups in total. The summed E-state index contributed by atoms with van der Waals surface area (Å²) in [4.78, 5) is 9.35. The highest BCUT2D eigenvalue weighted by Crippen LogP contribution is 2.37. The molecule has 0 radical (unpaired) electrons. The molecule has 2 aromatic rings. The summed E-state index contributed by atoms with van der Waals surface area (Å²) in [5, 5.41) is 0. The largest absolute Gasteiger partial charge is 0.463 e. The van der Waals surface area contributed by atoms with Crippen molar-refractivity contribution in [1.82, 2.24) is 9.97 Å². The molecule has 0 saturated carbocycles. The number of rotatable bonds is 12. The summed E-state index contributed by atoms with van der Waals surface area (Å²) in [7, 11) is 1.59. The molecular formula is C23H32F3N3O. The molecule has 0 spiro atoms. The molecular weight excluding hydrogens is 391 g/mol. The third kappa shape index (κ3) is 7.18. The Labute approximate surface area is 177 Å². The number of hydrogen-bond acceptors (Lipinski definition) is 4. The minimum Gasteiger partial charge on any atom is -0.463 e. The van der Waals surface area contributed by atoms with Gasteiger partial charge >= 0.3 is 12.2 Å². The van der Waals surface area contributed by atoms with E-state index in [1.807, 2.05) is 18.2 Å². The Balaban J connectivity index is 2.23. The van der Waals surface area contributed by atoms with Crippen LogP contribution in [0.1, 0.15) is 69.9 Å². The lowest BCUT2D eigenvalue weighted by atomic mass is 10.1. The fourth-order valence-corrected chi connectivity index (χ4v) is 3.20. The maximum atomic E-state index is 13.6. The van der Waals surface area contributed by atoms with Crippen molar-refractivity contribution in [2.24, 2.45) is 0 Å². The molecule has 30 heavy (non-hydrogen) atoms. The third-order valence-electron chi connectivity index (χ3n) is 4.97. The molecule has 0 unspecified atom stereocenters. The molecule has 2 rings (SSSR count). The summed E-state index contributed by atoms with van der Waals surface area (Å²) in [6.07, 6.45) is 4.49. The number of ether oxygens (including phenoxy) is 1. The number of hydrogen-bond donors (Lipinski definition) is 0. The zero-order valence-electron chi connectivity index (χ0n) is 18.1. The number of benzene rings is 1. The smallest absolute Gasteiger partial charge is 0.421 e. The van der Waals surface area contributed by atoms with E-state index in [1.165, 1.54) is 4.90 Å². The Kier molecular flexibility index (Phi) is 9.40. The summed E-state index contributed by atoms with van der Waals surface area (Å²) < 4.78 is 46.3. The van der Waals surface area contributed by atoms with E-state index in [1.54, 1.807) is 13.1 Å². The Morgan fingerprint density at radius 3 is 2.43 bits per heavy atom. The lowest BCUT2D eigenvalue weighted by Gasteiger charge is -2.23. The van der Waals surface area contributed by atoms with Gasteiger partial charge in [0, 0.05) is 18.9 Å². The zero-order valence-corrected chi connectivity index (χ0v) is 18.1. The number of anilines is 2. The van der Waals surface area contributed by atoms with Gasteiger partial charge in [-0.25, -0.2) is 4.98 Å². The first-order valence-electron chi connectivity index (χ1n) is 10.8. The average Bonchev–Trinajstić information content (AvgIpc) is 2.72. The van der Waals surface area contributed by atoms with Crippen LogP contribution in [0.15, 0.2) is 30.5 Å². The number of nitrogens with zero attached hydrogens (tertiary/aromatic N) is 3. The summed E-state index contributed by atoms with van der Waals surface area (Å²) in [6.45, 7) is 4.64. The average molecular weight is 424 g/mol. The van der Waals surface area contributed by atoms with Crippen molar-refractivity contribution >= 4 is 11.5 Å². The van der Waals surface area contributed by atoms with Crippen molar-refractivity contribution in [3.05, 3.63) is 41.6 Å². The first-order valence-corrected chi connectivity index (χ1v) is 10.8. The van der Waals surface area contributed by atoms with Crippen molar-refractivity contribution in [3.8, 4) is 6.01 Å². The van der Waals surface area contributed by atoms with Gasteiger partial charge in [-0.05, 0) is 37.0 Å². The molecule has 4 nitrogen and oxygen atoms in total. The number of alkyl halides is 3. The number of aryl methyl sites for hydroxylation is 1. The lowest BCUT2D eigenvalue weighted by molar-refractivity contribution is -0.137. The van der Waals surface area contributed by atoms with Crippen LogP contribution in [-0.4, -0.2) is 23.6 Å². The monoisotopic (exact) mass is 423 g/mol. The molecule has 0 aliphatic carbocycles. The van der Waals surface area contributed by atoms with Crippen molar-refractivity contribution in [1.29, 1.82) is 0 Å². The molecule has 166 valence electrons. The molecule has 7 heteroatoms. The van der Waals surface area contributed by atoms with Crippen LogP contribution in [0.5, 0.6) is 6.01 Å². The van der Waals surface area contributed by atoms with Crippen molar-refractivity contribution < 1.29 is 17.9 Å². The second-order valence-electron chi connectivity index (χ2n) is 7.48. The number of unbranched alkanes of at least 4 members (excludes halogenated alkanes) is 5. The first-order chi connectivity index (χ1) is 14.4. The zero-order chi connectivity index (χ0) is 22.0. The predicted octanol–water partition coefficient (Wildman–Crippen LogP) is 6.96. The molecule has 0 amide bonds. The normalized spacial score (nSPS) is 11.5. The van der Waals surface area contributed by atoms with Crippen molar-refractivity contribution in [2.45, 2.75) is 71.4 Å². The van der Waals surface area contributed by atoms with Crippen LogP contribution in [0.2, 0.25) is 0 Å². The topological polar surface area (TPSA) is 38.2 Å². The molecule has 0 aliphatic rings. The first kappa shape index (κ1) is 24.0. The lowest BCUT2D eigenvalue weighted by Crippen LogP contribution is -2.19. The maximum absolute atomic E-state index is 13.6. The van der Waals surface area contributed by atoms with E-state index in [-0.39, 0.29) is 11.8 Å². The van der Waals surface area contributed by atoms with Gasteiger partial charge in [0.15, 0.2) is 5.82 Å². The van der Waals surface area contributed by atoms with E-state index in [0.29, 0.717) is 12.3 Å². The molecule has 1 aromatic carbocycles. The molecule has 0 fully saturated rings. The second kappa shape index (κ2) is 11.8. The molecule has 1 aromatic heterocycles. The molecule has 0 bridgehead atoms. The van der Waals surface area contributed by atoms with Crippen LogP contribution in [-0.2, 0) is 12.6 Å². The van der Waals surface area contributed by atoms with E-state index in [4.69, 9.17) is 4.74 Å². The minimum atomic E-state index is -4.55. The SMILES string of the molecule is CCCCCCOc1ncc(C(F)(F)F)c(N(C)c2cccc(CCCCC)c2)n1. The third-order valence-corrected chi connectivity index (χ3v) is 4.97. The predicted molar refractivity (Wildman–Crippen MR) is 114 cm³/mol. The Bertz CT molecular complexity index is 781. The highest BCUT2D eigenvalue weighted by atomic mass is 19.4. The summed E-state index contributed by atoms with van der Waals surface area (Å²) in [5.41, 5.74) is 0.879. The Morgan fingerprint density at radius 1 is 1.00 bits per heavy atom. The minimum absolute atomic E-state index is 0.0274. The number of aromatic nitrogens is 2. The van der Waals surface area contributed by atoms with Gasteiger partial charge in [0.05, 0.1) is 6.61 Å². The van der Waals surface area contributed by atoms with Crippen LogP contribution < -0.4 is 9.64 Å². The quantitative estimate of drug-likeness (QED) is 0.346. The number of halogens is 3. The Hall–Kier alpha value is -2.31. The summed E-state index contributed by atoms with van der Waals surface area (Å²) >= 11 is 0. The second-order valence-corrected chi connectivity index (χ2v) is 7.48. The van der Waals surface area contributed by atoms with E-state index >= 15 is 0 Å². The van der Waals surface area contributed by atoms with Gasteiger partial charge in [0.25, 0.3) is 0 Å². The fraction of sp³-hybridized carbons (Fsp3) is 0.565. The van der Waals surface area contributed by atoms with E-state index in [0.717, 1.165) is 63.1 Å². The van der Waals surface area contributed by atoms with Gasteiger partial charge in [0.1, 0.15) is 5.56 Å². The summed E-state index contributed by atoms with van der Waals surface area (Å²) in [6, 6.07) is 7.55. The van der Waals surface area contributed by atoms with E-state index < -0.39 is 11.7 Å². The highest BCUT2D eigenvalue weighted by molar-refractivity contribution is 5.63. The van der Waals surface area contributed by atoms with Crippen molar-refractivity contribution in [3.63, 3.8) is 0 Å². The van der Waals surface area contributed by atoms with Gasteiger partial charge < -0.3 is 9.64 Å². The van der Waals surface area contributed by atoms with Crippen LogP contribution in [0, 0.1) is 0 Å². The van der Waals surface area contributed by atoms with Gasteiger partial charge in [0.2, 0.25) is 0 Å². The molecule has 0 saturated heterocycles. The molecule has 0 atom stereocenters. The van der Waals surface area contributed by atoms with Gasteiger partial charge in [-0.1, -0.05) is 58.1 Å². The fourth-order valence-electron chi connectivity index (χ4n) is 3.20. The van der Waals surface area contributed by atoms with Crippen LogP contribution >= 0.6 is 0 Å². The van der Waals surface area contributed by atoms with Gasteiger partial charge in [-0.15, -0.1) is 0 Å². The molecule has 0 aliphatic heterocycles. The van der Waals surface area contributed by atoms with E-state index in [9.17, 15) is 13.2 Å². The van der Waals surface area contributed by atoms with Crippen LogP contribution in [0.25, 0.3) is 0 Å². The molecule has 1 heterocycles. The van der Waals surface area contributed by atoms with Crippen LogP contribution in [0.3, 0.4) is 0 Å².